The number of hydrogen-bond acceptors (Lipinski definition) is 4. The van der Waals surface area contributed by atoms with Crippen LogP contribution >= 0.6 is 0 Å². The Morgan fingerprint density at radius 1 is 1.10 bits per heavy atom. The first kappa shape index (κ1) is 15.0. The minimum absolute atomic E-state index is 0.0130. The van der Waals surface area contributed by atoms with Gasteiger partial charge in [-0.1, -0.05) is 6.07 Å². The zero-order valence-corrected chi connectivity index (χ0v) is 11.1. The monoisotopic (exact) mass is 301 g/mol. The van der Waals surface area contributed by atoms with Crippen LogP contribution in [0.2, 0.25) is 0 Å². The number of rotatable bonds is 3. The van der Waals surface area contributed by atoms with Crippen LogP contribution in [0, 0.1) is 5.82 Å². The second kappa shape index (κ2) is 5.55. The molecule has 4 nitrogen and oxygen atoms in total. The van der Waals surface area contributed by atoms with E-state index in [4.69, 9.17) is 4.74 Å². The Morgan fingerprint density at radius 3 is 2.38 bits per heavy atom. The Bertz CT molecular complexity index is 644. The third-order valence-electron chi connectivity index (χ3n) is 2.45. The molecule has 0 saturated heterocycles. The largest absolute Gasteiger partial charge is 0.433 e. The number of benzene rings is 1. The van der Waals surface area contributed by atoms with Crippen LogP contribution in [0.1, 0.15) is 5.69 Å². The highest BCUT2D eigenvalue weighted by Crippen LogP contribution is 2.31. The van der Waals surface area contributed by atoms with E-state index in [0.717, 1.165) is 12.1 Å². The Morgan fingerprint density at radius 2 is 1.81 bits per heavy atom. The molecule has 1 aromatic carbocycles. The molecule has 2 aromatic rings. The van der Waals surface area contributed by atoms with Gasteiger partial charge in [-0.25, -0.2) is 4.39 Å². The number of anilines is 1. The summed E-state index contributed by atoms with van der Waals surface area (Å²) < 4.78 is 56.5. The summed E-state index contributed by atoms with van der Waals surface area (Å²) in [6.45, 7) is 0. The Labute approximate surface area is 118 Å². The summed E-state index contributed by atoms with van der Waals surface area (Å²) in [5.41, 5.74) is -1.13. The maximum absolute atomic E-state index is 13.0. The molecule has 2 rings (SSSR count). The van der Waals surface area contributed by atoms with E-state index in [-0.39, 0.29) is 11.6 Å². The fourth-order valence-corrected chi connectivity index (χ4v) is 1.47. The Hall–Kier alpha value is -2.38. The van der Waals surface area contributed by atoms with Crippen molar-refractivity contribution in [1.29, 1.82) is 0 Å². The van der Waals surface area contributed by atoms with Crippen molar-refractivity contribution in [3.63, 3.8) is 0 Å². The van der Waals surface area contributed by atoms with E-state index in [1.165, 1.54) is 37.2 Å². The lowest BCUT2D eigenvalue weighted by Gasteiger charge is -2.15. The molecule has 0 aliphatic rings. The van der Waals surface area contributed by atoms with Crippen LogP contribution in [0.15, 0.2) is 30.3 Å². The lowest BCUT2D eigenvalue weighted by atomic mass is 10.3. The van der Waals surface area contributed by atoms with Gasteiger partial charge in [0.1, 0.15) is 17.4 Å². The van der Waals surface area contributed by atoms with Crippen molar-refractivity contribution in [2.75, 3.05) is 19.0 Å². The van der Waals surface area contributed by atoms with Gasteiger partial charge >= 0.3 is 12.2 Å². The Balaban J connectivity index is 2.41. The minimum atomic E-state index is -4.63. The predicted molar refractivity (Wildman–Crippen MR) is 67.8 cm³/mol. The van der Waals surface area contributed by atoms with Gasteiger partial charge in [0.15, 0.2) is 5.69 Å². The fraction of sp³-hybridized carbons (Fsp3) is 0.231. The van der Waals surface area contributed by atoms with Gasteiger partial charge in [0.05, 0.1) is 0 Å². The molecule has 21 heavy (non-hydrogen) atoms. The van der Waals surface area contributed by atoms with Crippen molar-refractivity contribution in [1.82, 2.24) is 9.97 Å². The Kier molecular flexibility index (Phi) is 3.97. The van der Waals surface area contributed by atoms with Crippen LogP contribution in [0.4, 0.5) is 23.4 Å². The van der Waals surface area contributed by atoms with E-state index < -0.39 is 23.7 Å². The summed E-state index contributed by atoms with van der Waals surface area (Å²) in [5.74, 6) is -0.532. The topological polar surface area (TPSA) is 38.2 Å². The maximum Gasteiger partial charge on any atom is 0.433 e. The normalized spacial score (nSPS) is 11.3. The maximum atomic E-state index is 13.0. The standard InChI is InChI=1S/C13H11F4N3O/c1-20(2)11-7-10(13(15,16)17)18-12(19-11)21-9-5-3-4-8(14)6-9/h3-7H,1-2H3. The third-order valence-corrected chi connectivity index (χ3v) is 2.45. The van der Waals surface area contributed by atoms with E-state index in [9.17, 15) is 17.6 Å². The fourth-order valence-electron chi connectivity index (χ4n) is 1.47. The highest BCUT2D eigenvalue weighted by molar-refractivity contribution is 5.40. The van der Waals surface area contributed by atoms with Gasteiger partial charge in [-0.3, -0.25) is 0 Å². The molecule has 0 fully saturated rings. The number of aromatic nitrogens is 2. The quantitative estimate of drug-likeness (QED) is 0.813. The van der Waals surface area contributed by atoms with Crippen LogP contribution in [-0.2, 0) is 6.18 Å². The van der Waals surface area contributed by atoms with Crippen LogP contribution in [-0.4, -0.2) is 24.1 Å². The first-order valence-corrected chi connectivity index (χ1v) is 5.83. The molecule has 0 aliphatic carbocycles. The van der Waals surface area contributed by atoms with Gasteiger partial charge < -0.3 is 9.64 Å². The molecule has 0 aliphatic heterocycles. The summed E-state index contributed by atoms with van der Waals surface area (Å²) in [4.78, 5) is 8.53. The van der Waals surface area contributed by atoms with Crippen LogP contribution < -0.4 is 9.64 Å². The molecule has 0 radical (unpaired) electrons. The molecule has 0 spiro atoms. The third kappa shape index (κ3) is 3.80. The zero-order chi connectivity index (χ0) is 15.6. The SMILES string of the molecule is CN(C)c1cc(C(F)(F)F)nc(Oc2cccc(F)c2)n1. The second-order valence-electron chi connectivity index (χ2n) is 4.35. The predicted octanol–water partition coefficient (Wildman–Crippen LogP) is 3.49. The first-order valence-electron chi connectivity index (χ1n) is 5.83. The lowest BCUT2D eigenvalue weighted by Crippen LogP contribution is -2.16. The van der Waals surface area contributed by atoms with Crippen molar-refractivity contribution in [3.8, 4) is 11.8 Å². The molecule has 0 amide bonds. The van der Waals surface area contributed by atoms with Gasteiger partial charge in [0, 0.05) is 26.2 Å². The van der Waals surface area contributed by atoms with Crippen LogP contribution in [0.25, 0.3) is 0 Å². The van der Waals surface area contributed by atoms with E-state index in [0.29, 0.717) is 0 Å². The van der Waals surface area contributed by atoms with E-state index in [1.807, 2.05) is 0 Å². The van der Waals surface area contributed by atoms with Crippen molar-refractivity contribution in [3.05, 3.63) is 41.8 Å². The van der Waals surface area contributed by atoms with E-state index in [2.05, 4.69) is 9.97 Å². The van der Waals surface area contributed by atoms with E-state index >= 15 is 0 Å². The molecule has 1 aromatic heterocycles. The smallest absolute Gasteiger partial charge is 0.424 e. The minimum Gasteiger partial charge on any atom is -0.424 e. The molecule has 0 saturated carbocycles. The molecular weight excluding hydrogens is 290 g/mol. The molecule has 1 heterocycles. The summed E-state index contributed by atoms with van der Waals surface area (Å²) in [6.07, 6.45) is -4.63. The second-order valence-corrected chi connectivity index (χ2v) is 4.35. The van der Waals surface area contributed by atoms with Crippen molar-refractivity contribution >= 4 is 5.82 Å². The zero-order valence-electron chi connectivity index (χ0n) is 11.1. The van der Waals surface area contributed by atoms with Gasteiger partial charge in [-0.2, -0.15) is 23.1 Å². The highest BCUT2D eigenvalue weighted by Gasteiger charge is 2.34. The highest BCUT2D eigenvalue weighted by atomic mass is 19.4. The average Bonchev–Trinajstić information content (AvgIpc) is 2.37. The van der Waals surface area contributed by atoms with E-state index in [1.54, 1.807) is 0 Å². The molecule has 0 unspecified atom stereocenters. The van der Waals surface area contributed by atoms with Gasteiger partial charge in [0.2, 0.25) is 0 Å². The first-order chi connectivity index (χ1) is 9.75. The number of hydrogen-bond donors (Lipinski definition) is 0. The van der Waals surface area contributed by atoms with Gasteiger partial charge in [-0.15, -0.1) is 0 Å². The number of ether oxygens (including phenoxy) is 1. The molecule has 8 heteroatoms. The van der Waals surface area contributed by atoms with Gasteiger partial charge in [-0.05, 0) is 12.1 Å². The van der Waals surface area contributed by atoms with Crippen molar-refractivity contribution in [2.24, 2.45) is 0 Å². The number of alkyl halides is 3. The van der Waals surface area contributed by atoms with Gasteiger partial charge in [0.25, 0.3) is 0 Å². The lowest BCUT2D eigenvalue weighted by molar-refractivity contribution is -0.141. The van der Waals surface area contributed by atoms with Crippen molar-refractivity contribution in [2.45, 2.75) is 6.18 Å². The molecular formula is C13H11F4N3O. The van der Waals surface area contributed by atoms with Crippen LogP contribution in [0.5, 0.6) is 11.8 Å². The summed E-state index contributed by atoms with van der Waals surface area (Å²) >= 11 is 0. The molecule has 0 N–H and O–H groups in total. The molecule has 0 atom stereocenters. The van der Waals surface area contributed by atoms with Crippen LogP contribution in [0.3, 0.4) is 0 Å². The summed E-state index contributed by atoms with van der Waals surface area (Å²) in [5, 5.41) is 0. The molecule has 112 valence electrons. The number of nitrogens with zero attached hydrogens (tertiary/aromatic N) is 3. The van der Waals surface area contributed by atoms with Crippen molar-refractivity contribution < 1.29 is 22.3 Å². The summed E-state index contributed by atoms with van der Waals surface area (Å²) in [7, 11) is 3.07. The average molecular weight is 301 g/mol. The molecule has 0 bridgehead atoms. The summed E-state index contributed by atoms with van der Waals surface area (Å²) in [6, 6.07) is 5.27. The number of halogens is 4.